The average Bonchev–Trinajstić information content (AvgIpc) is 2.47. The van der Waals surface area contributed by atoms with E-state index in [9.17, 15) is 0 Å². The number of allylic oxidation sites excluding steroid dienone is 1. The smallest absolute Gasteiger partial charge is 0.0730 e. The van der Waals surface area contributed by atoms with Crippen molar-refractivity contribution in [1.82, 2.24) is 0 Å². The second kappa shape index (κ2) is 4.77. The molecule has 0 aromatic carbocycles. The molecule has 0 spiro atoms. The predicted molar refractivity (Wildman–Crippen MR) is 55.6 cm³/mol. The maximum Gasteiger partial charge on any atom is 0.0730 e. The molecular weight excluding hydrogens is 162 g/mol. The molecule has 2 N–H and O–H groups in total. The zero-order chi connectivity index (χ0) is 9.84. The zero-order valence-corrected chi connectivity index (χ0v) is 8.75. The minimum Gasteiger partial charge on any atom is -0.374 e. The summed E-state index contributed by atoms with van der Waals surface area (Å²) in [6, 6.07) is 0.196. The molecule has 3 unspecified atom stereocenters. The molecule has 1 heterocycles. The maximum atomic E-state index is 6.02. The summed E-state index contributed by atoms with van der Waals surface area (Å²) in [5.41, 5.74) is 7.23. The van der Waals surface area contributed by atoms with Crippen LogP contribution in [0.4, 0.5) is 0 Å². The first-order chi connectivity index (χ1) is 6.09. The van der Waals surface area contributed by atoms with Gasteiger partial charge < -0.3 is 10.5 Å². The predicted octanol–water partition coefficient (Wildman–Crippen LogP) is 2.24. The Morgan fingerprint density at radius 2 is 2.31 bits per heavy atom. The van der Waals surface area contributed by atoms with E-state index >= 15 is 0 Å². The van der Waals surface area contributed by atoms with E-state index in [1.165, 1.54) is 5.57 Å². The number of nitrogens with two attached hydrogens (primary N) is 1. The lowest BCUT2D eigenvalue weighted by molar-refractivity contribution is 0.0388. The van der Waals surface area contributed by atoms with Crippen LogP contribution in [0, 0.1) is 0 Å². The highest BCUT2D eigenvalue weighted by molar-refractivity contribution is 4.91. The standard InChI is InChI=1S/C11H21NO/c1-8(2)4-6-10(12)11-7-5-9(3)13-11/h9-11H,1,4-7,12H2,2-3H3. The summed E-state index contributed by atoms with van der Waals surface area (Å²) in [7, 11) is 0. The molecule has 0 amide bonds. The third kappa shape index (κ3) is 3.49. The third-order valence-corrected chi connectivity index (χ3v) is 2.65. The molecule has 1 fully saturated rings. The molecule has 3 atom stereocenters. The Balaban J connectivity index is 2.23. The molecule has 0 saturated carbocycles. The van der Waals surface area contributed by atoms with Crippen LogP contribution in [0.15, 0.2) is 12.2 Å². The minimum absolute atomic E-state index is 0.196. The fourth-order valence-corrected chi connectivity index (χ4v) is 1.75. The first-order valence-corrected chi connectivity index (χ1v) is 5.15. The second-order valence-electron chi connectivity index (χ2n) is 4.22. The van der Waals surface area contributed by atoms with Crippen molar-refractivity contribution in [2.45, 2.75) is 57.8 Å². The number of hydrogen-bond acceptors (Lipinski definition) is 2. The van der Waals surface area contributed by atoms with E-state index in [1.807, 2.05) is 6.92 Å². The Morgan fingerprint density at radius 1 is 1.62 bits per heavy atom. The van der Waals surface area contributed by atoms with Crippen LogP contribution in [-0.4, -0.2) is 18.2 Å². The number of ether oxygens (including phenoxy) is 1. The fourth-order valence-electron chi connectivity index (χ4n) is 1.75. The second-order valence-corrected chi connectivity index (χ2v) is 4.22. The van der Waals surface area contributed by atoms with Crippen LogP contribution in [0.5, 0.6) is 0 Å². The number of rotatable bonds is 4. The highest BCUT2D eigenvalue weighted by Gasteiger charge is 2.26. The van der Waals surface area contributed by atoms with Gasteiger partial charge in [-0.3, -0.25) is 0 Å². The van der Waals surface area contributed by atoms with Gasteiger partial charge in [0.15, 0.2) is 0 Å². The Hall–Kier alpha value is -0.340. The molecule has 1 saturated heterocycles. The quantitative estimate of drug-likeness (QED) is 0.678. The van der Waals surface area contributed by atoms with Gasteiger partial charge in [0.05, 0.1) is 12.2 Å². The molecule has 0 aromatic heterocycles. The Bertz CT molecular complexity index is 179. The summed E-state index contributed by atoms with van der Waals surface area (Å²) < 4.78 is 5.70. The van der Waals surface area contributed by atoms with E-state index in [4.69, 9.17) is 10.5 Å². The Kier molecular flexibility index (Phi) is 3.94. The lowest BCUT2D eigenvalue weighted by Gasteiger charge is -2.19. The lowest BCUT2D eigenvalue weighted by atomic mass is 10.0. The zero-order valence-electron chi connectivity index (χ0n) is 8.75. The molecule has 2 nitrogen and oxygen atoms in total. The van der Waals surface area contributed by atoms with Gasteiger partial charge in [-0.2, -0.15) is 0 Å². The first-order valence-electron chi connectivity index (χ1n) is 5.15. The van der Waals surface area contributed by atoms with Crippen LogP contribution in [-0.2, 0) is 4.74 Å². The van der Waals surface area contributed by atoms with Crippen LogP contribution in [0.1, 0.15) is 39.5 Å². The molecule has 1 rings (SSSR count). The van der Waals surface area contributed by atoms with Crippen molar-refractivity contribution >= 4 is 0 Å². The van der Waals surface area contributed by atoms with Crippen molar-refractivity contribution in [3.05, 3.63) is 12.2 Å². The van der Waals surface area contributed by atoms with Gasteiger partial charge in [0, 0.05) is 6.04 Å². The number of hydrogen-bond donors (Lipinski definition) is 1. The molecule has 0 aromatic rings. The average molecular weight is 183 g/mol. The largest absolute Gasteiger partial charge is 0.374 e. The monoisotopic (exact) mass is 183 g/mol. The van der Waals surface area contributed by atoms with Gasteiger partial charge in [-0.15, -0.1) is 6.58 Å². The Morgan fingerprint density at radius 3 is 2.77 bits per heavy atom. The van der Waals surface area contributed by atoms with Gasteiger partial charge in [-0.1, -0.05) is 5.57 Å². The van der Waals surface area contributed by atoms with Crippen molar-refractivity contribution in [3.8, 4) is 0 Å². The van der Waals surface area contributed by atoms with Gasteiger partial charge in [-0.05, 0) is 39.5 Å². The van der Waals surface area contributed by atoms with Gasteiger partial charge in [0.2, 0.25) is 0 Å². The van der Waals surface area contributed by atoms with Gasteiger partial charge in [0.1, 0.15) is 0 Å². The van der Waals surface area contributed by atoms with Crippen LogP contribution < -0.4 is 5.73 Å². The molecule has 2 heteroatoms. The summed E-state index contributed by atoms with van der Waals surface area (Å²) in [6.07, 6.45) is 5.00. The molecule has 0 radical (unpaired) electrons. The van der Waals surface area contributed by atoms with Crippen molar-refractivity contribution in [3.63, 3.8) is 0 Å². The molecule has 1 aliphatic rings. The lowest BCUT2D eigenvalue weighted by Crippen LogP contribution is -2.34. The van der Waals surface area contributed by atoms with E-state index in [-0.39, 0.29) is 12.1 Å². The van der Waals surface area contributed by atoms with E-state index in [0.29, 0.717) is 6.10 Å². The van der Waals surface area contributed by atoms with Gasteiger partial charge in [0.25, 0.3) is 0 Å². The third-order valence-electron chi connectivity index (χ3n) is 2.65. The highest BCUT2D eigenvalue weighted by Crippen LogP contribution is 2.23. The molecule has 0 aliphatic carbocycles. The van der Waals surface area contributed by atoms with Crippen molar-refractivity contribution < 1.29 is 4.74 Å². The molecule has 0 bridgehead atoms. The maximum absolute atomic E-state index is 6.02. The minimum atomic E-state index is 0.196. The SMILES string of the molecule is C=C(C)CCC(N)C1CCC(C)O1. The summed E-state index contributed by atoms with van der Waals surface area (Å²) >= 11 is 0. The van der Waals surface area contributed by atoms with E-state index in [0.717, 1.165) is 25.7 Å². The normalized spacial score (nSPS) is 30.4. The van der Waals surface area contributed by atoms with E-state index in [1.54, 1.807) is 0 Å². The molecule has 13 heavy (non-hydrogen) atoms. The van der Waals surface area contributed by atoms with Crippen LogP contribution in [0.3, 0.4) is 0 Å². The topological polar surface area (TPSA) is 35.2 Å². The van der Waals surface area contributed by atoms with Crippen LogP contribution in [0.25, 0.3) is 0 Å². The summed E-state index contributed by atoms with van der Waals surface area (Å²) in [5.74, 6) is 0. The van der Waals surface area contributed by atoms with Crippen LogP contribution in [0.2, 0.25) is 0 Å². The fraction of sp³-hybridized carbons (Fsp3) is 0.818. The van der Waals surface area contributed by atoms with Gasteiger partial charge >= 0.3 is 0 Å². The Labute approximate surface area is 81.1 Å². The first kappa shape index (κ1) is 10.7. The van der Waals surface area contributed by atoms with Gasteiger partial charge in [-0.25, -0.2) is 0 Å². The molecule has 76 valence electrons. The van der Waals surface area contributed by atoms with E-state index in [2.05, 4.69) is 13.5 Å². The molecule has 1 aliphatic heterocycles. The van der Waals surface area contributed by atoms with Crippen molar-refractivity contribution in [1.29, 1.82) is 0 Å². The van der Waals surface area contributed by atoms with E-state index < -0.39 is 0 Å². The summed E-state index contributed by atoms with van der Waals surface area (Å²) in [4.78, 5) is 0. The summed E-state index contributed by atoms with van der Waals surface area (Å²) in [5, 5.41) is 0. The van der Waals surface area contributed by atoms with Crippen molar-refractivity contribution in [2.24, 2.45) is 5.73 Å². The van der Waals surface area contributed by atoms with Crippen molar-refractivity contribution in [2.75, 3.05) is 0 Å². The molecular formula is C11H21NO. The van der Waals surface area contributed by atoms with Crippen LogP contribution >= 0.6 is 0 Å². The summed E-state index contributed by atoms with van der Waals surface area (Å²) in [6.45, 7) is 8.04. The highest BCUT2D eigenvalue weighted by atomic mass is 16.5.